The van der Waals surface area contributed by atoms with E-state index in [0.29, 0.717) is 0 Å². The third-order valence-corrected chi connectivity index (χ3v) is 14.3. The zero-order valence-electron chi connectivity index (χ0n) is 37.3. The lowest BCUT2D eigenvalue weighted by Gasteiger charge is -2.15. The number of benzene rings is 11. The van der Waals surface area contributed by atoms with Gasteiger partial charge in [-0.15, -0.1) is 0 Å². The molecule has 0 aliphatic rings. The molecule has 0 amide bonds. The van der Waals surface area contributed by atoms with Crippen molar-refractivity contribution >= 4 is 109 Å². The lowest BCUT2D eigenvalue weighted by atomic mass is 10.1. The van der Waals surface area contributed by atoms with Gasteiger partial charge >= 0.3 is 0 Å². The first-order valence-corrected chi connectivity index (χ1v) is 23.6. The van der Waals surface area contributed by atoms with E-state index < -0.39 is 0 Å². The van der Waals surface area contributed by atoms with Crippen molar-refractivity contribution in [2.24, 2.45) is 0 Å². The largest absolute Gasteiger partial charge is 0.456 e. The van der Waals surface area contributed by atoms with Crippen molar-refractivity contribution in [3.05, 3.63) is 243 Å². The summed E-state index contributed by atoms with van der Waals surface area (Å²) in [7, 11) is 0. The van der Waals surface area contributed by atoms with Gasteiger partial charge in [-0.05, 0) is 131 Å². The Morgan fingerprint density at radius 3 is 1.49 bits per heavy atom. The topological polar surface area (TPSA) is 32.9 Å². The van der Waals surface area contributed by atoms with Gasteiger partial charge in [0.1, 0.15) is 11.2 Å². The maximum atomic E-state index is 6.50. The molecule has 0 fully saturated rings. The Labute approximate surface area is 395 Å². The molecule has 0 radical (unpaired) electrons. The van der Waals surface area contributed by atoms with E-state index in [1.54, 1.807) is 0 Å². The molecule has 0 N–H and O–H groups in total. The monoisotopic (exact) mass is 880 g/mol. The SMILES string of the molecule is c1ccc(-n2c3ccc4cc3c3cc(ccc32)n(-c2ccc3c5ccccc5n(-c5cccc6ccccc56)c3c2)c2cccc(c2)c2cccc(c2)n4-c2ccc3c(c2)oc2ccccc23)cc1. The van der Waals surface area contributed by atoms with Crippen molar-refractivity contribution in [3.63, 3.8) is 0 Å². The number of hydrogen-bond donors (Lipinski definition) is 0. The number of hydrogen-bond acceptors (Lipinski definition) is 1. The van der Waals surface area contributed by atoms with Gasteiger partial charge in [-0.25, -0.2) is 0 Å². The van der Waals surface area contributed by atoms with Crippen molar-refractivity contribution in [2.45, 2.75) is 0 Å². The van der Waals surface area contributed by atoms with Gasteiger partial charge in [0.25, 0.3) is 0 Å². The highest BCUT2D eigenvalue weighted by Crippen LogP contribution is 2.39. The fraction of sp³-hybridized carbons (Fsp3) is 0. The number of rotatable bonds is 4. The minimum atomic E-state index is 0.860. The molecular formula is C64H40N4O. The molecule has 0 aliphatic carbocycles. The van der Waals surface area contributed by atoms with Crippen LogP contribution in [-0.4, -0.2) is 18.3 Å². The Hall–Kier alpha value is -9.32. The number of para-hydroxylation sites is 3. The predicted molar refractivity (Wildman–Crippen MR) is 289 cm³/mol. The minimum Gasteiger partial charge on any atom is -0.456 e. The van der Waals surface area contributed by atoms with Gasteiger partial charge in [0.15, 0.2) is 0 Å². The molecule has 0 unspecified atom stereocenters. The van der Waals surface area contributed by atoms with E-state index in [-0.39, 0.29) is 0 Å². The normalized spacial score (nSPS) is 12.1. The third-order valence-electron chi connectivity index (χ3n) is 14.3. The van der Waals surface area contributed by atoms with Crippen molar-refractivity contribution in [1.29, 1.82) is 0 Å². The van der Waals surface area contributed by atoms with Crippen LogP contribution in [0.2, 0.25) is 0 Å². The van der Waals surface area contributed by atoms with Crippen molar-refractivity contribution in [1.82, 2.24) is 18.3 Å². The molecular weight excluding hydrogens is 841 g/mol. The second-order valence-corrected chi connectivity index (χ2v) is 18.2. The fourth-order valence-electron chi connectivity index (χ4n) is 11.3. The van der Waals surface area contributed by atoms with Crippen LogP contribution in [0.15, 0.2) is 247 Å². The molecule has 322 valence electrons. The Morgan fingerprint density at radius 2 is 0.754 bits per heavy atom. The van der Waals surface area contributed by atoms with Crippen molar-refractivity contribution in [2.75, 3.05) is 0 Å². The Kier molecular flexibility index (Phi) is 8.00. The van der Waals surface area contributed by atoms with Crippen LogP contribution >= 0.6 is 0 Å². The van der Waals surface area contributed by atoms with Crippen LogP contribution in [0.5, 0.6) is 0 Å². The highest BCUT2D eigenvalue weighted by molar-refractivity contribution is 6.13. The van der Waals surface area contributed by atoms with E-state index in [4.69, 9.17) is 4.42 Å². The van der Waals surface area contributed by atoms with Gasteiger partial charge in [0.05, 0.1) is 27.8 Å². The van der Waals surface area contributed by atoms with E-state index >= 15 is 0 Å². The summed E-state index contributed by atoms with van der Waals surface area (Å²) in [5.74, 6) is 0. The minimum absolute atomic E-state index is 0.860. The molecule has 5 nitrogen and oxygen atoms in total. The summed E-state index contributed by atoms with van der Waals surface area (Å²) in [6.07, 6.45) is 0. The molecule has 0 atom stereocenters. The summed E-state index contributed by atoms with van der Waals surface area (Å²) in [5, 5.41) is 11.7. The Morgan fingerprint density at radius 1 is 0.232 bits per heavy atom. The summed E-state index contributed by atoms with van der Waals surface area (Å²) < 4.78 is 16.2. The summed E-state index contributed by atoms with van der Waals surface area (Å²) in [4.78, 5) is 0. The molecule has 15 aromatic rings. The first kappa shape index (κ1) is 37.9. The van der Waals surface area contributed by atoms with Gasteiger partial charge in [-0.2, -0.15) is 0 Å². The van der Waals surface area contributed by atoms with Crippen LogP contribution < -0.4 is 0 Å². The van der Waals surface area contributed by atoms with Crippen LogP contribution in [0.1, 0.15) is 0 Å². The van der Waals surface area contributed by atoms with E-state index in [1.807, 2.05) is 12.1 Å². The van der Waals surface area contributed by atoms with E-state index in [0.717, 1.165) is 99.5 Å². The van der Waals surface area contributed by atoms with Crippen LogP contribution in [0.25, 0.3) is 132 Å². The molecule has 5 heteroatoms. The molecule has 15 rings (SSSR count). The molecule has 0 saturated heterocycles. The smallest absolute Gasteiger partial charge is 0.137 e. The average Bonchev–Trinajstić information content (AvgIpc) is 4.06. The number of furan rings is 1. The number of aromatic nitrogens is 4. The second kappa shape index (κ2) is 14.6. The van der Waals surface area contributed by atoms with Crippen molar-refractivity contribution < 1.29 is 4.42 Å². The first-order valence-electron chi connectivity index (χ1n) is 23.6. The molecule has 4 heterocycles. The van der Waals surface area contributed by atoms with E-state index in [1.165, 1.54) is 32.4 Å². The maximum Gasteiger partial charge on any atom is 0.137 e. The molecule has 8 bridgehead atoms. The quantitative estimate of drug-likeness (QED) is 0.173. The predicted octanol–water partition coefficient (Wildman–Crippen LogP) is 17.1. The van der Waals surface area contributed by atoms with E-state index in [2.05, 4.69) is 249 Å². The highest BCUT2D eigenvalue weighted by Gasteiger charge is 2.18. The van der Waals surface area contributed by atoms with Gasteiger partial charge in [0, 0.05) is 82.9 Å². The first-order chi connectivity index (χ1) is 34.2. The molecule has 0 aliphatic heterocycles. The van der Waals surface area contributed by atoms with Gasteiger partial charge in [-0.3, -0.25) is 0 Å². The zero-order chi connectivity index (χ0) is 45.2. The third kappa shape index (κ3) is 5.71. The fourth-order valence-corrected chi connectivity index (χ4v) is 11.3. The van der Waals surface area contributed by atoms with Crippen molar-refractivity contribution in [3.8, 4) is 22.7 Å². The lowest BCUT2D eigenvalue weighted by Crippen LogP contribution is -1.99. The standard InChI is InChI=1S/C64H40N4O/c1-2-17-44(18-3-1)67-60-33-29-47-37-56(60)57-38-48(30-34-61(57)67)66(50-28-32-55-54-23-7-9-26-63(54)69-64(55)40-50)46-20-11-16-43(36-46)42-15-10-19-45(35-42)65(47)49-27-31-53-52-22-6-8-24-59(52)68(62(53)39-49)58-25-12-14-41-13-4-5-21-51(41)58/h1-40H. The molecule has 11 aromatic carbocycles. The lowest BCUT2D eigenvalue weighted by molar-refractivity contribution is 0.668. The van der Waals surface area contributed by atoms with E-state index in [9.17, 15) is 0 Å². The summed E-state index contributed by atoms with van der Waals surface area (Å²) in [6, 6.07) is 88.6. The van der Waals surface area contributed by atoms with Gasteiger partial charge in [-0.1, -0.05) is 121 Å². The molecule has 69 heavy (non-hydrogen) atoms. The van der Waals surface area contributed by atoms with Crippen LogP contribution in [0, 0.1) is 0 Å². The summed E-state index contributed by atoms with van der Waals surface area (Å²) in [5.41, 5.74) is 15.0. The van der Waals surface area contributed by atoms with Crippen LogP contribution in [-0.2, 0) is 0 Å². The van der Waals surface area contributed by atoms with Gasteiger partial charge in [0.2, 0.25) is 0 Å². The maximum absolute atomic E-state index is 6.50. The Bertz CT molecular complexity index is 4670. The average molecular weight is 881 g/mol. The van der Waals surface area contributed by atoms with Crippen LogP contribution in [0.4, 0.5) is 0 Å². The second-order valence-electron chi connectivity index (χ2n) is 18.2. The van der Waals surface area contributed by atoms with Crippen LogP contribution in [0.3, 0.4) is 0 Å². The van der Waals surface area contributed by atoms with Gasteiger partial charge < -0.3 is 22.7 Å². The summed E-state index contributed by atoms with van der Waals surface area (Å²) >= 11 is 0. The molecule has 4 aromatic heterocycles. The number of fused-ring (bicyclic) bond motifs is 14. The summed E-state index contributed by atoms with van der Waals surface area (Å²) in [6.45, 7) is 0. The Balaban J connectivity index is 1.07. The highest BCUT2D eigenvalue weighted by atomic mass is 16.3. The molecule has 0 spiro atoms. The zero-order valence-corrected chi connectivity index (χ0v) is 37.3. The molecule has 0 saturated carbocycles. The number of nitrogens with zero attached hydrogens (tertiary/aromatic N) is 4.